The number of aliphatic hydroxyl groups excluding tert-OH is 2. The summed E-state index contributed by atoms with van der Waals surface area (Å²) in [5.74, 6) is -0.136. The summed E-state index contributed by atoms with van der Waals surface area (Å²) >= 11 is 0. The topological polar surface area (TPSA) is 66.8 Å². The average molecular weight is 268 g/mol. The van der Waals surface area contributed by atoms with E-state index in [4.69, 9.17) is 4.74 Å². The highest BCUT2D eigenvalue weighted by atomic mass is 16.6. The molecular formula is C15H24O4. The molecule has 0 radical (unpaired) electrons. The molecule has 108 valence electrons. The Kier molecular flexibility index (Phi) is 4.99. The minimum Gasteiger partial charge on any atom is -0.462 e. The molecule has 2 rings (SSSR count). The number of unbranched alkanes of at least 4 members (excludes halogenated alkanes) is 2. The van der Waals surface area contributed by atoms with E-state index in [-0.39, 0.29) is 23.9 Å². The number of carbonyl (C=O) groups is 1. The summed E-state index contributed by atoms with van der Waals surface area (Å²) in [7, 11) is 0. The van der Waals surface area contributed by atoms with E-state index in [1.165, 1.54) is 0 Å². The largest absolute Gasteiger partial charge is 0.462 e. The van der Waals surface area contributed by atoms with E-state index in [0.717, 1.165) is 25.7 Å². The summed E-state index contributed by atoms with van der Waals surface area (Å²) in [6.45, 7) is 2.13. The third-order valence-electron chi connectivity index (χ3n) is 4.23. The van der Waals surface area contributed by atoms with Crippen molar-refractivity contribution in [3.63, 3.8) is 0 Å². The molecule has 2 N–H and O–H groups in total. The van der Waals surface area contributed by atoms with E-state index in [2.05, 4.69) is 6.92 Å². The van der Waals surface area contributed by atoms with Crippen LogP contribution in [0.3, 0.4) is 0 Å². The zero-order valence-corrected chi connectivity index (χ0v) is 11.5. The van der Waals surface area contributed by atoms with Gasteiger partial charge < -0.3 is 14.9 Å². The van der Waals surface area contributed by atoms with Crippen LogP contribution < -0.4 is 0 Å². The van der Waals surface area contributed by atoms with Gasteiger partial charge in [-0.2, -0.15) is 0 Å². The highest BCUT2D eigenvalue weighted by Gasteiger charge is 2.48. The van der Waals surface area contributed by atoms with Gasteiger partial charge in [-0.1, -0.05) is 38.3 Å². The van der Waals surface area contributed by atoms with E-state index in [1.807, 2.05) is 6.08 Å². The van der Waals surface area contributed by atoms with Gasteiger partial charge in [-0.25, -0.2) is 0 Å². The lowest BCUT2D eigenvalue weighted by atomic mass is 9.91. The first kappa shape index (κ1) is 14.5. The fourth-order valence-corrected chi connectivity index (χ4v) is 3.14. The van der Waals surface area contributed by atoms with Gasteiger partial charge >= 0.3 is 5.97 Å². The number of fused-ring (bicyclic) bond motifs is 1. The lowest BCUT2D eigenvalue weighted by Gasteiger charge is -2.15. The van der Waals surface area contributed by atoms with Gasteiger partial charge in [0.1, 0.15) is 6.10 Å². The van der Waals surface area contributed by atoms with Crippen molar-refractivity contribution >= 4 is 5.97 Å². The molecule has 5 atom stereocenters. The van der Waals surface area contributed by atoms with Crippen molar-refractivity contribution < 1.29 is 19.7 Å². The predicted octanol–water partition coefficient (Wildman–Crippen LogP) is 1.80. The van der Waals surface area contributed by atoms with Gasteiger partial charge in [-0.3, -0.25) is 4.79 Å². The van der Waals surface area contributed by atoms with Gasteiger partial charge in [0.2, 0.25) is 0 Å². The first-order valence-corrected chi connectivity index (χ1v) is 7.35. The van der Waals surface area contributed by atoms with Crippen LogP contribution in [-0.2, 0) is 9.53 Å². The SMILES string of the molecule is CCCCCC(O)C=CC1C(O)CC2OC(=O)CC21. The Morgan fingerprint density at radius 3 is 3.00 bits per heavy atom. The molecule has 0 bridgehead atoms. The van der Waals surface area contributed by atoms with Crippen LogP contribution in [0, 0.1) is 11.8 Å². The molecule has 1 saturated carbocycles. The van der Waals surface area contributed by atoms with Crippen LogP contribution in [0.1, 0.15) is 45.4 Å². The third-order valence-corrected chi connectivity index (χ3v) is 4.23. The number of carbonyl (C=O) groups excluding carboxylic acids is 1. The van der Waals surface area contributed by atoms with Gasteiger partial charge in [0.05, 0.1) is 18.6 Å². The van der Waals surface area contributed by atoms with Crippen molar-refractivity contribution in [2.24, 2.45) is 11.8 Å². The molecule has 5 unspecified atom stereocenters. The van der Waals surface area contributed by atoms with Crippen LogP contribution in [-0.4, -0.2) is 34.5 Å². The number of aliphatic hydroxyl groups is 2. The number of hydrogen-bond donors (Lipinski definition) is 2. The van der Waals surface area contributed by atoms with E-state index in [1.54, 1.807) is 6.08 Å². The van der Waals surface area contributed by atoms with E-state index in [0.29, 0.717) is 12.8 Å². The summed E-state index contributed by atoms with van der Waals surface area (Å²) in [5.41, 5.74) is 0. The minimum atomic E-state index is -0.456. The highest BCUT2D eigenvalue weighted by molar-refractivity contribution is 5.72. The fourth-order valence-electron chi connectivity index (χ4n) is 3.14. The van der Waals surface area contributed by atoms with Crippen LogP contribution in [0.4, 0.5) is 0 Å². The zero-order valence-electron chi connectivity index (χ0n) is 11.5. The van der Waals surface area contributed by atoms with Crippen LogP contribution in [0.2, 0.25) is 0 Å². The van der Waals surface area contributed by atoms with Crippen molar-refractivity contribution in [3.8, 4) is 0 Å². The van der Waals surface area contributed by atoms with E-state index < -0.39 is 12.2 Å². The molecule has 0 amide bonds. The average Bonchev–Trinajstić information content (AvgIpc) is 2.82. The van der Waals surface area contributed by atoms with Gasteiger partial charge in [0.15, 0.2) is 0 Å². The van der Waals surface area contributed by atoms with Crippen molar-refractivity contribution in [2.75, 3.05) is 0 Å². The number of hydrogen-bond acceptors (Lipinski definition) is 4. The lowest BCUT2D eigenvalue weighted by molar-refractivity contribution is -0.141. The van der Waals surface area contributed by atoms with Gasteiger partial charge in [-0.05, 0) is 6.42 Å². The molecule has 19 heavy (non-hydrogen) atoms. The first-order valence-electron chi connectivity index (χ1n) is 7.35. The van der Waals surface area contributed by atoms with Crippen LogP contribution in [0.25, 0.3) is 0 Å². The molecule has 4 nitrogen and oxygen atoms in total. The lowest BCUT2D eigenvalue weighted by Crippen LogP contribution is -2.18. The second kappa shape index (κ2) is 6.53. The van der Waals surface area contributed by atoms with Gasteiger partial charge in [-0.15, -0.1) is 0 Å². The van der Waals surface area contributed by atoms with Crippen molar-refractivity contribution in [1.82, 2.24) is 0 Å². The Hall–Kier alpha value is -0.870. The predicted molar refractivity (Wildman–Crippen MR) is 71.4 cm³/mol. The first-order chi connectivity index (χ1) is 9.11. The highest BCUT2D eigenvalue weighted by Crippen LogP contribution is 2.42. The third kappa shape index (κ3) is 3.57. The van der Waals surface area contributed by atoms with Crippen molar-refractivity contribution in [3.05, 3.63) is 12.2 Å². The van der Waals surface area contributed by atoms with Crippen molar-refractivity contribution in [1.29, 1.82) is 0 Å². The van der Waals surface area contributed by atoms with Gasteiger partial charge in [0, 0.05) is 18.3 Å². The quantitative estimate of drug-likeness (QED) is 0.438. The molecule has 0 aromatic carbocycles. The van der Waals surface area contributed by atoms with Crippen LogP contribution in [0.5, 0.6) is 0 Å². The van der Waals surface area contributed by atoms with Crippen LogP contribution in [0.15, 0.2) is 12.2 Å². The zero-order chi connectivity index (χ0) is 13.8. The summed E-state index contributed by atoms with van der Waals surface area (Å²) in [4.78, 5) is 11.2. The molecule has 0 aromatic heterocycles. The molecule has 1 aliphatic carbocycles. The summed E-state index contributed by atoms with van der Waals surface area (Å²) < 4.78 is 5.18. The maximum Gasteiger partial charge on any atom is 0.306 e. The normalized spacial score (nSPS) is 35.6. The molecule has 1 aliphatic heterocycles. The monoisotopic (exact) mass is 268 g/mol. The number of esters is 1. The minimum absolute atomic E-state index is 0.0581. The fraction of sp³-hybridized carbons (Fsp3) is 0.800. The molecule has 4 heteroatoms. The summed E-state index contributed by atoms with van der Waals surface area (Å²) in [6.07, 6.45) is 7.58. The molecule has 1 heterocycles. The van der Waals surface area contributed by atoms with Crippen LogP contribution >= 0.6 is 0 Å². The van der Waals surface area contributed by atoms with E-state index in [9.17, 15) is 15.0 Å². The number of ether oxygens (including phenoxy) is 1. The Labute approximate surface area is 114 Å². The Balaban J connectivity index is 1.85. The number of rotatable bonds is 6. The standard InChI is InChI=1S/C15H24O4/c1-2-3-4-5-10(16)6-7-11-12-8-15(18)19-14(12)9-13(11)17/h6-7,10-14,16-17H,2-5,8-9H2,1H3. The van der Waals surface area contributed by atoms with Gasteiger partial charge in [0.25, 0.3) is 0 Å². The second-order valence-electron chi connectivity index (χ2n) is 5.72. The molecule has 0 aromatic rings. The second-order valence-corrected chi connectivity index (χ2v) is 5.72. The maximum atomic E-state index is 11.2. The van der Waals surface area contributed by atoms with Crippen molar-refractivity contribution in [2.45, 2.75) is 63.8 Å². The molecule has 1 saturated heterocycles. The Bertz CT molecular complexity index is 339. The van der Waals surface area contributed by atoms with E-state index >= 15 is 0 Å². The smallest absolute Gasteiger partial charge is 0.306 e. The maximum absolute atomic E-state index is 11.2. The summed E-state index contributed by atoms with van der Waals surface area (Å²) in [6, 6.07) is 0. The summed E-state index contributed by atoms with van der Waals surface area (Å²) in [5, 5.41) is 19.8. The Morgan fingerprint density at radius 1 is 1.47 bits per heavy atom. The molecule has 0 spiro atoms. The Morgan fingerprint density at radius 2 is 2.26 bits per heavy atom. The molecule has 2 aliphatic rings. The molecule has 2 fully saturated rings. The molecular weight excluding hydrogens is 244 g/mol.